The summed E-state index contributed by atoms with van der Waals surface area (Å²) >= 11 is 3.46. The SMILES string of the molecule is Cc1cc(C#N)cc(Nc2ccc(Br)c(C)c2)n1. The van der Waals surface area contributed by atoms with Crippen molar-refractivity contribution in [2.75, 3.05) is 5.32 Å². The molecular formula is C14H12BrN3. The van der Waals surface area contributed by atoms with Crippen LogP contribution in [0, 0.1) is 25.2 Å². The molecule has 4 heteroatoms. The van der Waals surface area contributed by atoms with E-state index in [1.165, 1.54) is 0 Å². The zero-order valence-electron chi connectivity index (χ0n) is 10.2. The lowest BCUT2D eigenvalue weighted by atomic mass is 10.2. The maximum Gasteiger partial charge on any atom is 0.131 e. The summed E-state index contributed by atoms with van der Waals surface area (Å²) < 4.78 is 1.07. The first kappa shape index (κ1) is 12.6. The number of anilines is 2. The highest BCUT2D eigenvalue weighted by molar-refractivity contribution is 9.10. The number of hydrogen-bond acceptors (Lipinski definition) is 3. The second-order valence-electron chi connectivity index (χ2n) is 4.08. The lowest BCUT2D eigenvalue weighted by Gasteiger charge is -2.08. The van der Waals surface area contributed by atoms with Crippen LogP contribution >= 0.6 is 15.9 Å². The van der Waals surface area contributed by atoms with Gasteiger partial charge >= 0.3 is 0 Å². The Morgan fingerprint density at radius 1 is 1.22 bits per heavy atom. The van der Waals surface area contributed by atoms with Crippen molar-refractivity contribution in [1.82, 2.24) is 4.98 Å². The van der Waals surface area contributed by atoms with Crippen LogP contribution in [-0.4, -0.2) is 4.98 Å². The molecular weight excluding hydrogens is 290 g/mol. The van der Waals surface area contributed by atoms with E-state index in [1.807, 2.05) is 32.0 Å². The minimum atomic E-state index is 0.610. The highest BCUT2D eigenvalue weighted by atomic mass is 79.9. The van der Waals surface area contributed by atoms with Crippen LogP contribution in [0.5, 0.6) is 0 Å². The van der Waals surface area contributed by atoms with Crippen LogP contribution in [-0.2, 0) is 0 Å². The van der Waals surface area contributed by atoms with Gasteiger partial charge in [0.1, 0.15) is 5.82 Å². The van der Waals surface area contributed by atoms with Gasteiger partial charge in [0.25, 0.3) is 0 Å². The smallest absolute Gasteiger partial charge is 0.131 e. The highest BCUT2D eigenvalue weighted by Gasteiger charge is 2.02. The molecule has 0 bridgehead atoms. The van der Waals surface area contributed by atoms with E-state index in [1.54, 1.807) is 12.1 Å². The summed E-state index contributed by atoms with van der Waals surface area (Å²) in [7, 11) is 0. The largest absolute Gasteiger partial charge is 0.340 e. The molecule has 0 aliphatic carbocycles. The van der Waals surface area contributed by atoms with Crippen molar-refractivity contribution in [3.63, 3.8) is 0 Å². The van der Waals surface area contributed by atoms with Gasteiger partial charge in [-0.25, -0.2) is 4.98 Å². The summed E-state index contributed by atoms with van der Waals surface area (Å²) in [5.74, 6) is 0.688. The minimum Gasteiger partial charge on any atom is -0.340 e. The number of pyridine rings is 1. The van der Waals surface area contributed by atoms with Crippen LogP contribution in [0.25, 0.3) is 0 Å². The molecule has 1 aromatic heterocycles. The van der Waals surface area contributed by atoms with E-state index < -0.39 is 0 Å². The fourth-order valence-electron chi connectivity index (χ4n) is 1.67. The molecule has 90 valence electrons. The van der Waals surface area contributed by atoms with Crippen LogP contribution in [0.15, 0.2) is 34.8 Å². The third kappa shape index (κ3) is 2.88. The molecule has 0 saturated heterocycles. The Morgan fingerprint density at radius 3 is 2.67 bits per heavy atom. The molecule has 0 amide bonds. The second-order valence-corrected chi connectivity index (χ2v) is 4.94. The molecule has 2 aromatic rings. The van der Waals surface area contributed by atoms with Crippen LogP contribution in [0.4, 0.5) is 11.5 Å². The molecule has 1 N–H and O–H groups in total. The van der Waals surface area contributed by atoms with Crippen molar-refractivity contribution in [1.29, 1.82) is 5.26 Å². The number of halogens is 1. The summed E-state index contributed by atoms with van der Waals surface area (Å²) in [4.78, 5) is 4.36. The molecule has 0 unspecified atom stereocenters. The van der Waals surface area contributed by atoms with Gasteiger partial charge in [0, 0.05) is 15.9 Å². The van der Waals surface area contributed by atoms with Crippen molar-refractivity contribution in [3.8, 4) is 6.07 Å². The summed E-state index contributed by atoms with van der Waals surface area (Å²) in [5, 5.41) is 12.1. The zero-order valence-corrected chi connectivity index (χ0v) is 11.7. The number of hydrogen-bond donors (Lipinski definition) is 1. The molecule has 18 heavy (non-hydrogen) atoms. The predicted octanol–water partition coefficient (Wildman–Crippen LogP) is 4.08. The number of aromatic nitrogens is 1. The standard InChI is InChI=1S/C14H12BrN3/c1-9-5-12(3-4-13(9)15)18-14-7-11(8-16)6-10(2)17-14/h3-7H,1-2H3,(H,17,18). The van der Waals surface area contributed by atoms with Gasteiger partial charge in [0.15, 0.2) is 0 Å². The molecule has 0 spiro atoms. The van der Waals surface area contributed by atoms with Gasteiger partial charge < -0.3 is 5.32 Å². The van der Waals surface area contributed by atoms with Crippen LogP contribution in [0.3, 0.4) is 0 Å². The highest BCUT2D eigenvalue weighted by Crippen LogP contribution is 2.22. The number of benzene rings is 1. The summed E-state index contributed by atoms with van der Waals surface area (Å²) in [6.07, 6.45) is 0. The molecule has 0 saturated carbocycles. The molecule has 2 rings (SSSR count). The van der Waals surface area contributed by atoms with Gasteiger partial charge in [-0.2, -0.15) is 5.26 Å². The Labute approximate surface area is 115 Å². The van der Waals surface area contributed by atoms with Gasteiger partial charge in [-0.15, -0.1) is 0 Å². The molecule has 0 aliphatic heterocycles. The number of nitrogens with zero attached hydrogens (tertiary/aromatic N) is 2. The van der Waals surface area contributed by atoms with Crippen molar-refractivity contribution in [2.24, 2.45) is 0 Å². The van der Waals surface area contributed by atoms with Crippen LogP contribution in [0.1, 0.15) is 16.8 Å². The van der Waals surface area contributed by atoms with Gasteiger partial charge in [0.2, 0.25) is 0 Å². The van der Waals surface area contributed by atoms with Crippen LogP contribution in [0.2, 0.25) is 0 Å². The Morgan fingerprint density at radius 2 is 2.00 bits per heavy atom. The predicted molar refractivity (Wildman–Crippen MR) is 75.9 cm³/mol. The Balaban J connectivity index is 2.31. The lowest BCUT2D eigenvalue weighted by Crippen LogP contribution is -1.96. The lowest BCUT2D eigenvalue weighted by molar-refractivity contribution is 1.19. The molecule has 0 fully saturated rings. The van der Waals surface area contributed by atoms with Crippen LogP contribution < -0.4 is 5.32 Å². The first-order valence-electron chi connectivity index (χ1n) is 5.50. The van der Waals surface area contributed by atoms with Crippen molar-refractivity contribution in [3.05, 3.63) is 51.6 Å². The molecule has 1 heterocycles. The number of aryl methyl sites for hydroxylation is 2. The maximum atomic E-state index is 8.92. The third-order valence-electron chi connectivity index (χ3n) is 2.51. The van der Waals surface area contributed by atoms with E-state index in [2.05, 4.69) is 32.3 Å². The first-order valence-corrected chi connectivity index (χ1v) is 6.30. The fraction of sp³-hybridized carbons (Fsp3) is 0.143. The zero-order chi connectivity index (χ0) is 13.1. The average Bonchev–Trinajstić information content (AvgIpc) is 2.33. The van der Waals surface area contributed by atoms with Gasteiger partial charge in [-0.1, -0.05) is 15.9 Å². The van der Waals surface area contributed by atoms with E-state index in [0.717, 1.165) is 21.4 Å². The van der Waals surface area contributed by atoms with E-state index in [0.29, 0.717) is 11.4 Å². The van der Waals surface area contributed by atoms with Gasteiger partial charge in [-0.3, -0.25) is 0 Å². The second kappa shape index (κ2) is 5.19. The molecule has 1 aromatic carbocycles. The molecule has 3 nitrogen and oxygen atoms in total. The van der Waals surface area contributed by atoms with E-state index >= 15 is 0 Å². The normalized spacial score (nSPS) is 9.89. The van der Waals surface area contributed by atoms with Crippen molar-refractivity contribution in [2.45, 2.75) is 13.8 Å². The molecule has 0 atom stereocenters. The number of rotatable bonds is 2. The Kier molecular flexibility index (Phi) is 3.63. The third-order valence-corrected chi connectivity index (χ3v) is 3.40. The van der Waals surface area contributed by atoms with E-state index in [4.69, 9.17) is 5.26 Å². The summed E-state index contributed by atoms with van der Waals surface area (Å²) in [6, 6.07) is 11.6. The fourth-order valence-corrected chi connectivity index (χ4v) is 1.91. The molecule has 0 radical (unpaired) electrons. The topological polar surface area (TPSA) is 48.7 Å². The average molecular weight is 302 g/mol. The Bertz CT molecular complexity index is 629. The minimum absolute atomic E-state index is 0.610. The number of nitrogens with one attached hydrogen (secondary N) is 1. The summed E-state index contributed by atoms with van der Waals surface area (Å²) in [5.41, 5.74) is 3.54. The van der Waals surface area contributed by atoms with Gasteiger partial charge in [0.05, 0.1) is 11.6 Å². The van der Waals surface area contributed by atoms with Crippen molar-refractivity contribution >= 4 is 27.4 Å². The summed E-state index contributed by atoms with van der Waals surface area (Å²) in [6.45, 7) is 3.90. The number of nitriles is 1. The Hall–Kier alpha value is -1.86. The van der Waals surface area contributed by atoms with E-state index in [9.17, 15) is 0 Å². The monoisotopic (exact) mass is 301 g/mol. The van der Waals surface area contributed by atoms with Gasteiger partial charge in [-0.05, 0) is 49.7 Å². The maximum absolute atomic E-state index is 8.92. The quantitative estimate of drug-likeness (QED) is 0.909. The first-order chi connectivity index (χ1) is 8.58. The van der Waals surface area contributed by atoms with Crippen molar-refractivity contribution < 1.29 is 0 Å². The van der Waals surface area contributed by atoms with E-state index in [-0.39, 0.29) is 0 Å². The molecule has 0 aliphatic rings.